The third-order valence-corrected chi connectivity index (χ3v) is 6.28. The number of carbonyl (C=O) groups is 1. The Balaban J connectivity index is 1.87. The van der Waals surface area contributed by atoms with E-state index in [1.54, 1.807) is 20.8 Å². The van der Waals surface area contributed by atoms with Gasteiger partial charge in [-0.1, -0.05) is 19.3 Å². The number of aromatic nitrogens is 2. The molecule has 1 aliphatic carbocycles. The van der Waals surface area contributed by atoms with Crippen LogP contribution in [0, 0.1) is 6.92 Å². The zero-order chi connectivity index (χ0) is 22.8. The number of nitrogens with zero attached hydrogens (tertiary/aromatic N) is 2. The highest BCUT2D eigenvalue weighted by Gasteiger charge is 2.36. The number of pyridine rings is 1. The van der Waals surface area contributed by atoms with E-state index in [1.165, 1.54) is 6.20 Å². The summed E-state index contributed by atoms with van der Waals surface area (Å²) in [5.74, 6) is -0.644. The molecule has 0 radical (unpaired) electrons. The predicted octanol–water partition coefficient (Wildman–Crippen LogP) is 4.78. The first-order valence-corrected chi connectivity index (χ1v) is 11.1. The van der Waals surface area contributed by atoms with Gasteiger partial charge in [0.15, 0.2) is 5.01 Å². The first kappa shape index (κ1) is 23.5. The molecule has 2 aromatic heterocycles. The van der Waals surface area contributed by atoms with Crippen LogP contribution < -0.4 is 10.6 Å². The summed E-state index contributed by atoms with van der Waals surface area (Å²) in [5, 5.41) is 15.4. The van der Waals surface area contributed by atoms with Crippen molar-refractivity contribution >= 4 is 23.1 Å². The highest BCUT2D eigenvalue weighted by molar-refractivity contribution is 7.17. The van der Waals surface area contributed by atoms with Gasteiger partial charge in [-0.25, -0.2) is 9.97 Å². The van der Waals surface area contributed by atoms with Crippen molar-refractivity contribution in [2.75, 3.05) is 11.9 Å². The molecule has 10 heteroatoms. The van der Waals surface area contributed by atoms with E-state index >= 15 is 0 Å². The van der Waals surface area contributed by atoms with E-state index < -0.39 is 23.2 Å². The molecule has 2 aromatic rings. The molecule has 0 spiro atoms. The molecule has 3 N–H and O–H groups in total. The minimum Gasteiger partial charge on any atom is -0.389 e. The van der Waals surface area contributed by atoms with E-state index in [9.17, 15) is 23.1 Å². The normalized spacial score (nSPS) is 15.7. The molecule has 0 bridgehead atoms. The van der Waals surface area contributed by atoms with Crippen LogP contribution in [0.15, 0.2) is 12.3 Å². The van der Waals surface area contributed by atoms with Crippen molar-refractivity contribution in [3.8, 4) is 10.4 Å². The maximum absolute atomic E-state index is 13.8. The van der Waals surface area contributed by atoms with Crippen molar-refractivity contribution in [3.63, 3.8) is 0 Å². The topological polar surface area (TPSA) is 87.1 Å². The molecule has 0 saturated heterocycles. The molecule has 6 nitrogen and oxygen atoms in total. The third-order valence-electron chi connectivity index (χ3n) is 5.07. The largest absolute Gasteiger partial charge is 0.419 e. The zero-order valence-electron chi connectivity index (χ0n) is 17.8. The van der Waals surface area contributed by atoms with Crippen molar-refractivity contribution < 1.29 is 23.1 Å². The second-order valence-electron chi connectivity index (χ2n) is 8.53. The Bertz CT molecular complexity index is 932. The first-order valence-electron chi connectivity index (χ1n) is 10.3. The van der Waals surface area contributed by atoms with Gasteiger partial charge in [-0.3, -0.25) is 4.79 Å². The standard InChI is InChI=1S/C21H27F3N4O2S/c1-12-16(31-19(27-12)18(29)26-11-20(2,3)30)13-9-15(21(22,23)24)17(25-10-13)28-14-7-5-4-6-8-14/h9-10,14,30H,4-8,11H2,1-3H3,(H,25,28)(H,26,29). The molecule has 31 heavy (non-hydrogen) atoms. The molecule has 0 atom stereocenters. The lowest BCUT2D eigenvalue weighted by Gasteiger charge is -2.25. The Morgan fingerprint density at radius 1 is 1.26 bits per heavy atom. The molecule has 1 amide bonds. The van der Waals surface area contributed by atoms with Gasteiger partial charge in [0.25, 0.3) is 5.91 Å². The van der Waals surface area contributed by atoms with Crippen LogP contribution in [-0.2, 0) is 6.18 Å². The number of alkyl halides is 3. The van der Waals surface area contributed by atoms with Crippen LogP contribution in [0.3, 0.4) is 0 Å². The number of rotatable bonds is 6. The van der Waals surface area contributed by atoms with Gasteiger partial charge >= 0.3 is 6.18 Å². The minimum atomic E-state index is -4.56. The second kappa shape index (κ2) is 9.12. The molecule has 0 aliphatic heterocycles. The van der Waals surface area contributed by atoms with E-state index in [2.05, 4.69) is 20.6 Å². The highest BCUT2D eigenvalue weighted by atomic mass is 32.1. The number of hydrogen-bond donors (Lipinski definition) is 3. The van der Waals surface area contributed by atoms with Crippen LogP contribution in [-0.4, -0.2) is 39.2 Å². The molecule has 0 unspecified atom stereocenters. The number of aliphatic hydroxyl groups is 1. The average Bonchev–Trinajstić information content (AvgIpc) is 3.07. The summed E-state index contributed by atoms with van der Waals surface area (Å²) in [6.07, 6.45) is 1.58. The monoisotopic (exact) mass is 456 g/mol. The van der Waals surface area contributed by atoms with Crippen LogP contribution >= 0.6 is 11.3 Å². The van der Waals surface area contributed by atoms with Crippen molar-refractivity contribution in [2.45, 2.75) is 70.7 Å². The maximum atomic E-state index is 13.8. The van der Waals surface area contributed by atoms with Gasteiger partial charge in [-0.05, 0) is 39.7 Å². The maximum Gasteiger partial charge on any atom is 0.419 e. The van der Waals surface area contributed by atoms with Gasteiger partial charge in [0.2, 0.25) is 0 Å². The highest BCUT2D eigenvalue weighted by Crippen LogP contribution is 2.39. The molecule has 2 heterocycles. The third kappa shape index (κ3) is 6.16. The summed E-state index contributed by atoms with van der Waals surface area (Å²) >= 11 is 1.000. The molecule has 0 aromatic carbocycles. The van der Waals surface area contributed by atoms with Crippen LogP contribution in [0.4, 0.5) is 19.0 Å². The molecular weight excluding hydrogens is 429 g/mol. The summed E-state index contributed by atoms with van der Waals surface area (Å²) in [6, 6.07) is 1.06. The number of thiazole rings is 1. The summed E-state index contributed by atoms with van der Waals surface area (Å²) < 4.78 is 41.3. The van der Waals surface area contributed by atoms with Crippen molar-refractivity contribution in [1.82, 2.24) is 15.3 Å². The van der Waals surface area contributed by atoms with Gasteiger partial charge in [-0.2, -0.15) is 13.2 Å². The van der Waals surface area contributed by atoms with E-state index in [0.717, 1.165) is 49.5 Å². The average molecular weight is 457 g/mol. The van der Waals surface area contributed by atoms with E-state index in [-0.39, 0.29) is 29.0 Å². The van der Waals surface area contributed by atoms with Gasteiger partial charge in [0, 0.05) is 24.3 Å². The van der Waals surface area contributed by atoms with E-state index in [4.69, 9.17) is 0 Å². The van der Waals surface area contributed by atoms with Crippen LogP contribution in [0.1, 0.15) is 67.0 Å². The van der Waals surface area contributed by atoms with Crippen molar-refractivity contribution in [3.05, 3.63) is 28.5 Å². The molecule has 1 saturated carbocycles. The number of carbonyl (C=O) groups excluding carboxylic acids is 1. The Morgan fingerprint density at radius 2 is 1.94 bits per heavy atom. The number of aryl methyl sites for hydroxylation is 1. The van der Waals surface area contributed by atoms with Crippen LogP contribution in [0.2, 0.25) is 0 Å². The van der Waals surface area contributed by atoms with Crippen LogP contribution in [0.25, 0.3) is 10.4 Å². The summed E-state index contributed by atoms with van der Waals surface area (Å²) in [5.41, 5.74) is -1.20. The SMILES string of the molecule is Cc1nc(C(=O)NCC(C)(C)O)sc1-c1cnc(NC2CCCCC2)c(C(F)(F)F)c1. The Hall–Kier alpha value is -2.20. The van der Waals surface area contributed by atoms with E-state index in [1.807, 2.05) is 0 Å². The fraction of sp³-hybridized carbons (Fsp3) is 0.571. The van der Waals surface area contributed by atoms with Gasteiger partial charge in [0.05, 0.1) is 21.7 Å². The Labute approximate surface area is 183 Å². The lowest BCUT2D eigenvalue weighted by atomic mass is 9.95. The lowest BCUT2D eigenvalue weighted by molar-refractivity contribution is -0.137. The summed E-state index contributed by atoms with van der Waals surface area (Å²) in [6.45, 7) is 4.78. The fourth-order valence-corrected chi connectivity index (χ4v) is 4.46. The van der Waals surface area contributed by atoms with Crippen LogP contribution in [0.5, 0.6) is 0 Å². The predicted molar refractivity (Wildman–Crippen MR) is 114 cm³/mol. The second-order valence-corrected chi connectivity index (χ2v) is 9.52. The number of amides is 1. The summed E-state index contributed by atoms with van der Waals surface area (Å²) in [7, 11) is 0. The number of hydrogen-bond acceptors (Lipinski definition) is 6. The molecule has 3 rings (SSSR count). The van der Waals surface area contributed by atoms with Gasteiger partial charge in [0.1, 0.15) is 5.82 Å². The van der Waals surface area contributed by atoms with Gasteiger partial charge < -0.3 is 15.7 Å². The molecule has 170 valence electrons. The molecule has 1 aliphatic rings. The molecular formula is C21H27F3N4O2S. The minimum absolute atomic E-state index is 0.00980. The summed E-state index contributed by atoms with van der Waals surface area (Å²) in [4.78, 5) is 21.1. The Morgan fingerprint density at radius 3 is 2.55 bits per heavy atom. The van der Waals surface area contributed by atoms with Gasteiger partial charge in [-0.15, -0.1) is 11.3 Å². The number of anilines is 1. The van der Waals surface area contributed by atoms with Crippen molar-refractivity contribution in [2.24, 2.45) is 0 Å². The Kier molecular flexibility index (Phi) is 6.90. The number of halogens is 3. The quantitative estimate of drug-likeness (QED) is 0.583. The fourth-order valence-electron chi connectivity index (χ4n) is 3.49. The zero-order valence-corrected chi connectivity index (χ0v) is 18.6. The number of nitrogens with one attached hydrogen (secondary N) is 2. The first-order chi connectivity index (χ1) is 14.4. The molecule has 1 fully saturated rings. The lowest BCUT2D eigenvalue weighted by Crippen LogP contribution is -2.38. The smallest absolute Gasteiger partial charge is 0.389 e. The van der Waals surface area contributed by atoms with E-state index in [0.29, 0.717) is 10.6 Å². The van der Waals surface area contributed by atoms with Crippen molar-refractivity contribution in [1.29, 1.82) is 0 Å².